The van der Waals surface area contributed by atoms with E-state index in [1.165, 1.54) is 7.11 Å². The minimum absolute atomic E-state index is 0. The summed E-state index contributed by atoms with van der Waals surface area (Å²) in [6, 6.07) is 7.69. The number of H-pyrrole nitrogens is 1. The predicted molar refractivity (Wildman–Crippen MR) is 85.4 cm³/mol. The molecule has 0 radical (unpaired) electrons. The van der Waals surface area contributed by atoms with Crippen LogP contribution in [0.5, 0.6) is 0 Å². The van der Waals surface area contributed by atoms with Gasteiger partial charge in [-0.15, -0.1) is 24.0 Å². The van der Waals surface area contributed by atoms with Crippen molar-refractivity contribution in [3.8, 4) is 0 Å². The molecule has 1 aliphatic rings. The lowest BCUT2D eigenvalue weighted by molar-refractivity contribution is -0.142. The molecule has 0 saturated carbocycles. The van der Waals surface area contributed by atoms with Gasteiger partial charge < -0.3 is 9.72 Å². The normalized spacial score (nSPS) is 17.4. The summed E-state index contributed by atoms with van der Waals surface area (Å²) in [4.78, 5) is 19.4. The summed E-state index contributed by atoms with van der Waals surface area (Å²) < 4.78 is 4.79. The number of methoxy groups -OCH3 is 1. The van der Waals surface area contributed by atoms with E-state index in [0.717, 1.165) is 27.9 Å². The molecule has 0 spiro atoms. The van der Waals surface area contributed by atoms with Crippen LogP contribution < -0.4 is 0 Å². The number of nitrogens with zero attached hydrogens (tertiary/aromatic N) is 1. The molecule has 0 saturated heterocycles. The summed E-state index contributed by atoms with van der Waals surface area (Å²) in [5.74, 6) is -0.273. The van der Waals surface area contributed by atoms with Gasteiger partial charge in [-0.2, -0.15) is 0 Å². The van der Waals surface area contributed by atoms with Crippen molar-refractivity contribution < 1.29 is 9.53 Å². The second kappa shape index (κ2) is 5.32. The molecule has 1 N–H and O–H groups in total. The fourth-order valence-electron chi connectivity index (χ4n) is 2.53. The number of aromatic nitrogens is 1. The number of halogens is 1. The molecule has 19 heavy (non-hydrogen) atoms. The van der Waals surface area contributed by atoms with Crippen molar-refractivity contribution in [1.82, 2.24) is 4.98 Å². The van der Waals surface area contributed by atoms with Gasteiger partial charge in [0.05, 0.1) is 18.5 Å². The number of para-hydroxylation sites is 1. The monoisotopic (exact) mass is 370 g/mol. The van der Waals surface area contributed by atoms with Crippen LogP contribution in [-0.4, -0.2) is 29.8 Å². The highest BCUT2D eigenvalue weighted by Gasteiger charge is 2.27. The van der Waals surface area contributed by atoms with Crippen LogP contribution in [0, 0.1) is 0 Å². The van der Waals surface area contributed by atoms with Crippen molar-refractivity contribution in [1.29, 1.82) is 0 Å². The van der Waals surface area contributed by atoms with Crippen LogP contribution in [0.4, 0.5) is 0 Å². The number of aliphatic imine (C=N–C) groups is 1. The Balaban J connectivity index is 0.00000133. The third kappa shape index (κ3) is 2.27. The zero-order valence-corrected chi connectivity index (χ0v) is 13.1. The molecule has 100 valence electrons. The van der Waals surface area contributed by atoms with E-state index in [1.54, 1.807) is 0 Å². The number of nitrogens with one attached hydrogen (secondary N) is 1. The van der Waals surface area contributed by atoms with Crippen LogP contribution in [0.2, 0.25) is 0 Å². The van der Waals surface area contributed by atoms with Gasteiger partial charge >= 0.3 is 5.97 Å². The first-order chi connectivity index (χ1) is 8.70. The van der Waals surface area contributed by atoms with E-state index in [0.29, 0.717) is 6.42 Å². The molecular formula is C14H15IN2O2. The molecular weight excluding hydrogens is 355 g/mol. The van der Waals surface area contributed by atoms with E-state index < -0.39 is 6.04 Å². The van der Waals surface area contributed by atoms with Gasteiger partial charge in [-0.25, -0.2) is 4.79 Å². The SMILES string of the molecule is COC(=O)C1Cc2c([nH]c3ccccc23)C(C)=N1.I. The second-order valence-electron chi connectivity index (χ2n) is 4.48. The lowest BCUT2D eigenvalue weighted by atomic mass is 9.98. The lowest BCUT2D eigenvalue weighted by Gasteiger charge is -2.17. The zero-order valence-electron chi connectivity index (χ0n) is 10.8. The summed E-state index contributed by atoms with van der Waals surface area (Å²) in [5.41, 5.74) is 4.15. The van der Waals surface area contributed by atoms with Crippen LogP contribution >= 0.6 is 24.0 Å². The summed E-state index contributed by atoms with van der Waals surface area (Å²) >= 11 is 0. The Hall–Kier alpha value is -1.37. The van der Waals surface area contributed by atoms with Gasteiger partial charge in [0.15, 0.2) is 6.04 Å². The predicted octanol–water partition coefficient (Wildman–Crippen LogP) is 2.69. The van der Waals surface area contributed by atoms with E-state index in [-0.39, 0.29) is 29.9 Å². The lowest BCUT2D eigenvalue weighted by Crippen LogP contribution is -2.28. The Morgan fingerprint density at radius 2 is 2.16 bits per heavy atom. The number of fused-ring (bicyclic) bond motifs is 3. The fourth-order valence-corrected chi connectivity index (χ4v) is 2.53. The maximum atomic E-state index is 11.6. The minimum atomic E-state index is -0.415. The standard InChI is InChI=1S/C14H14N2O2.HI/c1-8-13-10(7-12(15-8)14(17)18-2)9-5-3-4-6-11(9)16-13;/h3-6,12,16H,7H2,1-2H3;1H. The number of ether oxygens (including phenoxy) is 1. The van der Waals surface area contributed by atoms with Crippen LogP contribution in [0.3, 0.4) is 0 Å². The summed E-state index contributed by atoms with van der Waals surface area (Å²) in [6.07, 6.45) is 0.601. The molecule has 1 aromatic heterocycles. The van der Waals surface area contributed by atoms with E-state index in [1.807, 2.05) is 25.1 Å². The largest absolute Gasteiger partial charge is 0.467 e. The number of carbonyl (C=O) groups excluding carboxylic acids is 1. The number of esters is 1. The average Bonchev–Trinajstić information content (AvgIpc) is 2.77. The van der Waals surface area contributed by atoms with Crippen molar-refractivity contribution in [2.75, 3.05) is 7.11 Å². The van der Waals surface area contributed by atoms with Gasteiger partial charge in [0.2, 0.25) is 0 Å². The van der Waals surface area contributed by atoms with Gasteiger partial charge in [-0.1, -0.05) is 18.2 Å². The Bertz CT molecular complexity index is 661. The zero-order chi connectivity index (χ0) is 12.7. The number of benzene rings is 1. The van der Waals surface area contributed by atoms with E-state index in [9.17, 15) is 4.79 Å². The molecule has 3 rings (SSSR count). The molecule has 0 amide bonds. The Labute approximate surface area is 128 Å². The maximum Gasteiger partial charge on any atom is 0.330 e. The first-order valence-corrected chi connectivity index (χ1v) is 5.93. The van der Waals surface area contributed by atoms with Crippen LogP contribution in [0.15, 0.2) is 29.3 Å². The Kier molecular flexibility index (Phi) is 3.93. The molecule has 1 atom stereocenters. The Morgan fingerprint density at radius 3 is 2.89 bits per heavy atom. The van der Waals surface area contributed by atoms with Gasteiger partial charge in [0.25, 0.3) is 0 Å². The molecule has 4 nitrogen and oxygen atoms in total. The second-order valence-corrected chi connectivity index (χ2v) is 4.48. The van der Waals surface area contributed by atoms with Crippen molar-refractivity contribution in [2.24, 2.45) is 4.99 Å². The highest BCUT2D eigenvalue weighted by molar-refractivity contribution is 14.0. The van der Waals surface area contributed by atoms with E-state index >= 15 is 0 Å². The van der Waals surface area contributed by atoms with Crippen LogP contribution in [0.1, 0.15) is 18.2 Å². The first kappa shape index (κ1) is 14.0. The molecule has 5 heteroatoms. The molecule has 2 aromatic rings. The maximum absolute atomic E-state index is 11.6. The third-order valence-electron chi connectivity index (χ3n) is 3.40. The van der Waals surface area contributed by atoms with Crippen molar-refractivity contribution in [3.63, 3.8) is 0 Å². The molecule has 0 aliphatic carbocycles. The van der Waals surface area contributed by atoms with Gasteiger partial charge in [-0.05, 0) is 18.6 Å². The van der Waals surface area contributed by atoms with Gasteiger partial charge in [0, 0.05) is 17.3 Å². The quantitative estimate of drug-likeness (QED) is 0.620. The van der Waals surface area contributed by atoms with Crippen LogP contribution in [0.25, 0.3) is 10.9 Å². The molecule has 1 unspecified atom stereocenters. The highest BCUT2D eigenvalue weighted by Crippen LogP contribution is 2.28. The first-order valence-electron chi connectivity index (χ1n) is 5.93. The number of rotatable bonds is 1. The number of hydrogen-bond acceptors (Lipinski definition) is 3. The molecule has 0 fully saturated rings. The minimum Gasteiger partial charge on any atom is -0.467 e. The smallest absolute Gasteiger partial charge is 0.330 e. The molecule has 1 aromatic carbocycles. The number of aromatic amines is 1. The topological polar surface area (TPSA) is 54.5 Å². The molecule has 2 heterocycles. The highest BCUT2D eigenvalue weighted by atomic mass is 127. The number of carbonyl (C=O) groups is 1. The summed E-state index contributed by atoms with van der Waals surface area (Å²) in [5, 5.41) is 1.16. The van der Waals surface area contributed by atoms with E-state index in [4.69, 9.17) is 4.74 Å². The van der Waals surface area contributed by atoms with Crippen molar-refractivity contribution in [3.05, 3.63) is 35.5 Å². The number of hydrogen-bond donors (Lipinski definition) is 1. The van der Waals surface area contributed by atoms with Gasteiger partial charge in [-0.3, -0.25) is 4.99 Å². The average molecular weight is 370 g/mol. The van der Waals surface area contributed by atoms with Gasteiger partial charge in [0.1, 0.15) is 0 Å². The van der Waals surface area contributed by atoms with Crippen molar-refractivity contribution in [2.45, 2.75) is 19.4 Å². The third-order valence-corrected chi connectivity index (χ3v) is 3.40. The summed E-state index contributed by atoms with van der Waals surface area (Å²) in [6.45, 7) is 1.92. The molecule has 1 aliphatic heterocycles. The Morgan fingerprint density at radius 1 is 1.42 bits per heavy atom. The van der Waals surface area contributed by atoms with Crippen LogP contribution in [-0.2, 0) is 16.0 Å². The van der Waals surface area contributed by atoms with E-state index in [2.05, 4.69) is 16.0 Å². The van der Waals surface area contributed by atoms with Crippen molar-refractivity contribution >= 4 is 46.6 Å². The fraction of sp³-hybridized carbons (Fsp3) is 0.286. The summed E-state index contributed by atoms with van der Waals surface area (Å²) in [7, 11) is 1.40. The molecule has 0 bridgehead atoms.